The van der Waals surface area contributed by atoms with Crippen LogP contribution in [0.5, 0.6) is 0 Å². The largest absolute Gasteiger partial charge is 0.367 e. The van der Waals surface area contributed by atoms with E-state index in [1.165, 1.54) is 5.56 Å². The number of benzene rings is 1. The number of rotatable bonds is 3. The van der Waals surface area contributed by atoms with Gasteiger partial charge in [-0.25, -0.2) is 0 Å². The highest BCUT2D eigenvalue weighted by atomic mass is 35.5. The summed E-state index contributed by atoms with van der Waals surface area (Å²) in [5.41, 5.74) is 2.24. The Bertz CT molecular complexity index is 484. The molecule has 0 spiro atoms. The molecule has 0 saturated carbocycles. The van der Waals surface area contributed by atoms with Crippen molar-refractivity contribution in [2.24, 2.45) is 0 Å². The molecule has 110 valence electrons. The van der Waals surface area contributed by atoms with Gasteiger partial charge in [0, 0.05) is 39.1 Å². The molecule has 1 unspecified atom stereocenters. The number of hydrogen-bond donors (Lipinski definition) is 1. The number of anilines is 1. The van der Waals surface area contributed by atoms with Gasteiger partial charge in [0.2, 0.25) is 5.91 Å². The van der Waals surface area contributed by atoms with Crippen LogP contribution >= 0.6 is 11.6 Å². The van der Waals surface area contributed by atoms with Crippen molar-refractivity contribution in [3.8, 4) is 0 Å². The summed E-state index contributed by atoms with van der Waals surface area (Å²) < 4.78 is 0. The first kappa shape index (κ1) is 15.1. The number of halogens is 1. The van der Waals surface area contributed by atoms with Crippen LogP contribution in [-0.2, 0) is 4.79 Å². The van der Waals surface area contributed by atoms with Gasteiger partial charge in [0.25, 0.3) is 0 Å². The van der Waals surface area contributed by atoms with Crippen LogP contribution in [0, 0.1) is 0 Å². The van der Waals surface area contributed by atoms with Crippen LogP contribution in [-0.4, -0.2) is 44.0 Å². The van der Waals surface area contributed by atoms with E-state index in [1.54, 1.807) is 6.92 Å². The molecule has 1 heterocycles. The molecule has 1 fully saturated rings. The van der Waals surface area contributed by atoms with Crippen molar-refractivity contribution in [3.63, 3.8) is 0 Å². The molecular weight excluding hydrogens is 274 g/mol. The van der Waals surface area contributed by atoms with Crippen molar-refractivity contribution in [2.45, 2.75) is 19.9 Å². The van der Waals surface area contributed by atoms with Gasteiger partial charge in [0.15, 0.2) is 0 Å². The van der Waals surface area contributed by atoms with Gasteiger partial charge < -0.3 is 15.1 Å². The minimum Gasteiger partial charge on any atom is -0.367 e. The van der Waals surface area contributed by atoms with Crippen molar-refractivity contribution >= 4 is 23.2 Å². The predicted molar refractivity (Wildman–Crippen MR) is 83.4 cm³/mol. The lowest BCUT2D eigenvalue weighted by Gasteiger charge is -2.36. The van der Waals surface area contributed by atoms with Crippen molar-refractivity contribution in [2.75, 3.05) is 38.1 Å². The van der Waals surface area contributed by atoms with Crippen molar-refractivity contribution in [1.29, 1.82) is 0 Å². The molecule has 5 heteroatoms. The summed E-state index contributed by atoms with van der Waals surface area (Å²) in [6.45, 7) is 6.93. The van der Waals surface area contributed by atoms with Gasteiger partial charge in [-0.1, -0.05) is 17.7 Å². The molecule has 1 atom stereocenters. The molecule has 0 aliphatic carbocycles. The Kier molecular flexibility index (Phi) is 4.89. The first-order valence-electron chi connectivity index (χ1n) is 7.00. The van der Waals surface area contributed by atoms with Gasteiger partial charge >= 0.3 is 0 Å². The fourth-order valence-electron chi connectivity index (χ4n) is 2.48. The van der Waals surface area contributed by atoms with Gasteiger partial charge in [0.05, 0.1) is 10.7 Å². The van der Waals surface area contributed by atoms with Crippen LogP contribution in [0.3, 0.4) is 0 Å². The number of amides is 1. The third-order valence-electron chi connectivity index (χ3n) is 3.97. The second-order valence-electron chi connectivity index (χ2n) is 5.21. The van der Waals surface area contributed by atoms with Crippen LogP contribution in [0.2, 0.25) is 5.02 Å². The van der Waals surface area contributed by atoms with Crippen LogP contribution in [0.15, 0.2) is 18.2 Å². The third-order valence-corrected chi connectivity index (χ3v) is 4.27. The Hall–Kier alpha value is -1.26. The Morgan fingerprint density at radius 1 is 1.30 bits per heavy atom. The van der Waals surface area contributed by atoms with Gasteiger partial charge in [-0.05, 0) is 31.7 Å². The number of nitrogens with one attached hydrogen (secondary N) is 1. The topological polar surface area (TPSA) is 35.6 Å². The lowest BCUT2D eigenvalue weighted by Crippen LogP contribution is -2.48. The van der Waals surface area contributed by atoms with Crippen molar-refractivity contribution in [1.82, 2.24) is 10.2 Å². The molecule has 0 bridgehead atoms. The summed E-state index contributed by atoms with van der Waals surface area (Å²) in [5.74, 6) is 0.147. The van der Waals surface area contributed by atoms with Gasteiger partial charge in [-0.15, -0.1) is 0 Å². The highest BCUT2D eigenvalue weighted by Gasteiger charge is 2.20. The maximum atomic E-state index is 11.3. The smallest absolute Gasteiger partial charge is 0.219 e. The number of piperazine rings is 1. The SMILES string of the molecule is CNC(C)c1ccc(N2CCN(C(C)=O)CC2)c(Cl)c1. The Morgan fingerprint density at radius 3 is 2.45 bits per heavy atom. The summed E-state index contributed by atoms with van der Waals surface area (Å²) in [7, 11) is 1.94. The van der Waals surface area contributed by atoms with Crippen molar-refractivity contribution < 1.29 is 4.79 Å². The second kappa shape index (κ2) is 6.46. The first-order valence-corrected chi connectivity index (χ1v) is 7.38. The van der Waals surface area contributed by atoms with E-state index in [4.69, 9.17) is 11.6 Å². The fourth-order valence-corrected chi connectivity index (χ4v) is 2.79. The van der Waals surface area contributed by atoms with Crippen LogP contribution in [0.4, 0.5) is 5.69 Å². The number of carbonyl (C=O) groups is 1. The average Bonchev–Trinajstić information content (AvgIpc) is 2.46. The zero-order valence-corrected chi connectivity index (χ0v) is 13.1. The standard InChI is InChI=1S/C15H22ClN3O/c1-11(17-3)13-4-5-15(14(16)10-13)19-8-6-18(7-9-19)12(2)20/h4-5,10-11,17H,6-9H2,1-3H3. The van der Waals surface area contributed by atoms with E-state index in [1.807, 2.05) is 18.0 Å². The minimum absolute atomic E-state index is 0.147. The predicted octanol–water partition coefficient (Wildman–Crippen LogP) is 2.29. The van der Waals surface area contributed by atoms with E-state index < -0.39 is 0 Å². The Balaban J connectivity index is 2.09. The molecular formula is C15H22ClN3O. The Labute approximate surface area is 125 Å². The lowest BCUT2D eigenvalue weighted by atomic mass is 10.1. The molecule has 2 rings (SSSR count). The van der Waals surface area contributed by atoms with E-state index in [0.29, 0.717) is 0 Å². The highest BCUT2D eigenvalue weighted by molar-refractivity contribution is 6.33. The summed E-state index contributed by atoms with van der Waals surface area (Å²) in [6.07, 6.45) is 0. The summed E-state index contributed by atoms with van der Waals surface area (Å²) >= 11 is 6.41. The minimum atomic E-state index is 0.147. The van der Waals surface area contributed by atoms with Crippen LogP contribution < -0.4 is 10.2 Å². The maximum absolute atomic E-state index is 11.3. The van der Waals surface area contributed by atoms with E-state index in [9.17, 15) is 4.79 Å². The molecule has 1 amide bonds. The normalized spacial score (nSPS) is 17.2. The molecule has 1 aliphatic heterocycles. The van der Waals surface area contributed by atoms with Gasteiger partial charge in [0.1, 0.15) is 0 Å². The molecule has 1 N–H and O–H groups in total. The summed E-state index contributed by atoms with van der Waals surface area (Å²) in [5, 5.41) is 3.99. The second-order valence-corrected chi connectivity index (χ2v) is 5.62. The molecule has 20 heavy (non-hydrogen) atoms. The van der Waals surface area contributed by atoms with Crippen LogP contribution in [0.25, 0.3) is 0 Å². The average molecular weight is 296 g/mol. The molecule has 1 aromatic carbocycles. The van der Waals surface area contributed by atoms with Gasteiger partial charge in [-0.3, -0.25) is 4.79 Å². The van der Waals surface area contributed by atoms with E-state index >= 15 is 0 Å². The molecule has 0 aromatic heterocycles. The molecule has 1 aromatic rings. The summed E-state index contributed by atoms with van der Waals surface area (Å²) in [4.78, 5) is 15.5. The van der Waals surface area contributed by atoms with Gasteiger partial charge in [-0.2, -0.15) is 0 Å². The third kappa shape index (κ3) is 3.25. The zero-order chi connectivity index (χ0) is 14.7. The molecule has 4 nitrogen and oxygen atoms in total. The summed E-state index contributed by atoms with van der Waals surface area (Å²) in [6, 6.07) is 6.50. The first-order chi connectivity index (χ1) is 9.52. The molecule has 1 saturated heterocycles. The van der Waals surface area contributed by atoms with Crippen LogP contribution in [0.1, 0.15) is 25.5 Å². The van der Waals surface area contributed by atoms with E-state index in [0.717, 1.165) is 36.9 Å². The fraction of sp³-hybridized carbons (Fsp3) is 0.533. The van der Waals surface area contributed by atoms with E-state index in [-0.39, 0.29) is 11.9 Å². The number of carbonyl (C=O) groups excluding carboxylic acids is 1. The molecule has 1 aliphatic rings. The molecule has 0 radical (unpaired) electrons. The quantitative estimate of drug-likeness (QED) is 0.929. The zero-order valence-electron chi connectivity index (χ0n) is 12.3. The number of hydrogen-bond acceptors (Lipinski definition) is 3. The van der Waals surface area contributed by atoms with Crippen molar-refractivity contribution in [3.05, 3.63) is 28.8 Å². The van der Waals surface area contributed by atoms with E-state index in [2.05, 4.69) is 29.3 Å². The monoisotopic (exact) mass is 295 g/mol. The Morgan fingerprint density at radius 2 is 1.95 bits per heavy atom. The number of nitrogens with zero attached hydrogens (tertiary/aromatic N) is 2. The highest BCUT2D eigenvalue weighted by Crippen LogP contribution is 2.29. The maximum Gasteiger partial charge on any atom is 0.219 e. The lowest BCUT2D eigenvalue weighted by molar-refractivity contribution is -0.129.